The van der Waals surface area contributed by atoms with Gasteiger partial charge in [0.1, 0.15) is 23.7 Å². The molecular formula is C25H26F3NO7S. The fourth-order valence-electron chi connectivity index (χ4n) is 3.42. The van der Waals surface area contributed by atoms with Crippen molar-refractivity contribution in [2.24, 2.45) is 0 Å². The number of aryl methyl sites for hydroxylation is 1. The van der Waals surface area contributed by atoms with Gasteiger partial charge in [-0.05, 0) is 63.0 Å². The first kappa shape index (κ1) is 28.2. The molecule has 0 saturated heterocycles. The Morgan fingerprint density at radius 2 is 1.68 bits per heavy atom. The Balaban J connectivity index is 1.95. The predicted molar refractivity (Wildman–Crippen MR) is 129 cm³/mol. The van der Waals surface area contributed by atoms with E-state index in [-0.39, 0.29) is 23.3 Å². The monoisotopic (exact) mass is 541 g/mol. The summed E-state index contributed by atoms with van der Waals surface area (Å²) in [7, 11) is -2.16. The number of ether oxygens (including phenoxy) is 1. The van der Waals surface area contributed by atoms with Crippen molar-refractivity contribution in [1.29, 1.82) is 0 Å². The number of fused-ring (bicyclic) bond motifs is 1. The number of rotatable bonds is 11. The number of carbonyl (C=O) groups is 2. The lowest BCUT2D eigenvalue weighted by Gasteiger charge is -2.10. The first-order chi connectivity index (χ1) is 17.3. The summed E-state index contributed by atoms with van der Waals surface area (Å²) in [5.41, 5.74) is -4.70. The predicted octanol–water partition coefficient (Wildman–Crippen LogP) is 4.95. The highest BCUT2D eigenvalue weighted by Gasteiger charge is 2.48. The summed E-state index contributed by atoms with van der Waals surface area (Å²) in [4.78, 5) is 27.9. The normalized spacial score (nSPS) is 12.2. The van der Waals surface area contributed by atoms with Gasteiger partial charge < -0.3 is 18.2 Å². The van der Waals surface area contributed by atoms with Crippen LogP contribution in [0.15, 0.2) is 46.9 Å². The van der Waals surface area contributed by atoms with Gasteiger partial charge >= 0.3 is 21.6 Å². The van der Waals surface area contributed by atoms with Crippen molar-refractivity contribution < 1.29 is 44.5 Å². The van der Waals surface area contributed by atoms with E-state index in [9.17, 15) is 31.2 Å². The second kappa shape index (κ2) is 11.3. The second-order valence-electron chi connectivity index (χ2n) is 8.49. The zero-order chi connectivity index (χ0) is 27.4. The van der Waals surface area contributed by atoms with Gasteiger partial charge in [-0.25, -0.2) is 4.79 Å². The van der Waals surface area contributed by atoms with Crippen molar-refractivity contribution in [3.63, 3.8) is 0 Å². The quantitative estimate of drug-likeness (QED) is 0.145. The Bertz CT molecular complexity index is 1380. The zero-order valence-electron chi connectivity index (χ0n) is 20.4. The van der Waals surface area contributed by atoms with Crippen LogP contribution < -0.4 is 4.18 Å². The van der Waals surface area contributed by atoms with E-state index < -0.39 is 33.1 Å². The number of hydrogen-bond donors (Lipinski definition) is 0. The number of halogens is 3. The molecule has 0 bridgehead atoms. The molecule has 0 N–H and O–H groups in total. The van der Waals surface area contributed by atoms with Gasteiger partial charge in [-0.15, -0.1) is 0 Å². The average molecular weight is 542 g/mol. The highest BCUT2D eigenvalue weighted by atomic mass is 32.2. The molecule has 200 valence electrons. The molecular weight excluding hydrogens is 515 g/mol. The highest BCUT2D eigenvalue weighted by Crippen LogP contribution is 2.32. The van der Waals surface area contributed by atoms with Crippen LogP contribution in [0.3, 0.4) is 0 Å². The molecule has 8 nitrogen and oxygen atoms in total. The van der Waals surface area contributed by atoms with Crippen molar-refractivity contribution in [2.45, 2.75) is 31.7 Å². The molecule has 1 heterocycles. The van der Waals surface area contributed by atoms with E-state index in [1.54, 1.807) is 6.07 Å². The standard InChI is InChI=1S/C25H26F3NO7S/c1-4-5-6-21-22(19-15-17(9-12-20(19)35-21)24(31)34-14-13-29(2)3)23(30)16-7-10-18(11-8-16)36-37(32,33)25(26,27)28/h7-12,15H,4-6,13-14H2,1-3H3. The molecule has 0 spiro atoms. The molecule has 2 aromatic carbocycles. The number of hydrogen-bond acceptors (Lipinski definition) is 8. The molecule has 3 aromatic rings. The van der Waals surface area contributed by atoms with Crippen molar-refractivity contribution >= 4 is 32.8 Å². The van der Waals surface area contributed by atoms with Crippen LogP contribution in [0.4, 0.5) is 13.2 Å². The van der Waals surface area contributed by atoms with Crippen molar-refractivity contribution in [2.75, 3.05) is 27.2 Å². The third kappa shape index (κ3) is 6.69. The van der Waals surface area contributed by atoms with E-state index in [4.69, 9.17) is 9.15 Å². The smallest absolute Gasteiger partial charge is 0.461 e. The lowest BCUT2D eigenvalue weighted by molar-refractivity contribution is -0.0500. The van der Waals surface area contributed by atoms with E-state index >= 15 is 0 Å². The largest absolute Gasteiger partial charge is 0.534 e. The Morgan fingerprint density at radius 3 is 2.27 bits per heavy atom. The molecule has 0 aliphatic carbocycles. The summed E-state index contributed by atoms with van der Waals surface area (Å²) < 4.78 is 75.5. The molecule has 1 aromatic heterocycles. The first-order valence-corrected chi connectivity index (χ1v) is 12.8. The van der Waals surface area contributed by atoms with Crippen LogP contribution in [0.25, 0.3) is 11.0 Å². The van der Waals surface area contributed by atoms with Crippen LogP contribution in [0, 0.1) is 0 Å². The number of unbranched alkanes of at least 4 members (excludes halogenated alkanes) is 1. The molecule has 0 aliphatic rings. The molecule has 12 heteroatoms. The molecule has 0 aliphatic heterocycles. The fourth-order valence-corrected chi connectivity index (χ4v) is 3.88. The maximum absolute atomic E-state index is 13.5. The summed E-state index contributed by atoms with van der Waals surface area (Å²) >= 11 is 0. The average Bonchev–Trinajstić information content (AvgIpc) is 3.19. The number of benzene rings is 2. The van der Waals surface area contributed by atoms with E-state index in [2.05, 4.69) is 4.18 Å². The van der Waals surface area contributed by atoms with Gasteiger partial charge in [-0.3, -0.25) is 4.79 Å². The molecule has 0 amide bonds. The molecule has 3 rings (SSSR count). The summed E-state index contributed by atoms with van der Waals surface area (Å²) in [6.07, 6.45) is 2.00. The van der Waals surface area contributed by atoms with Crippen LogP contribution in [0.2, 0.25) is 0 Å². The molecule has 0 atom stereocenters. The van der Waals surface area contributed by atoms with Crippen LogP contribution >= 0.6 is 0 Å². The number of likely N-dealkylation sites (N-methyl/N-ethyl adjacent to an activating group) is 1. The van der Waals surface area contributed by atoms with Gasteiger partial charge in [0, 0.05) is 23.9 Å². The zero-order valence-corrected chi connectivity index (χ0v) is 21.2. The maximum Gasteiger partial charge on any atom is 0.534 e. The van der Waals surface area contributed by atoms with Crippen LogP contribution in [0.1, 0.15) is 51.8 Å². The molecule has 0 radical (unpaired) electrons. The van der Waals surface area contributed by atoms with Crippen LogP contribution in [0.5, 0.6) is 5.75 Å². The van der Waals surface area contributed by atoms with Crippen molar-refractivity contribution in [3.8, 4) is 5.75 Å². The van der Waals surface area contributed by atoms with Gasteiger partial charge in [0.25, 0.3) is 0 Å². The topological polar surface area (TPSA) is 103 Å². The number of ketones is 1. The summed E-state index contributed by atoms with van der Waals surface area (Å²) in [6, 6.07) is 8.84. The van der Waals surface area contributed by atoms with Gasteiger partial charge in [-0.1, -0.05) is 13.3 Å². The fraction of sp³-hybridized carbons (Fsp3) is 0.360. The number of esters is 1. The maximum atomic E-state index is 13.5. The Hall–Kier alpha value is -3.38. The van der Waals surface area contributed by atoms with E-state index in [0.29, 0.717) is 29.7 Å². The second-order valence-corrected chi connectivity index (χ2v) is 10.0. The minimum absolute atomic E-state index is 0.0659. The Labute approximate surface area is 212 Å². The van der Waals surface area contributed by atoms with E-state index in [1.165, 1.54) is 12.1 Å². The Morgan fingerprint density at radius 1 is 1.03 bits per heavy atom. The summed E-state index contributed by atoms with van der Waals surface area (Å²) in [5, 5.41) is 0.387. The number of carbonyl (C=O) groups excluding carboxylic acids is 2. The lowest BCUT2D eigenvalue weighted by atomic mass is 9.97. The molecule has 0 saturated carbocycles. The number of nitrogens with zero attached hydrogens (tertiary/aromatic N) is 1. The van der Waals surface area contributed by atoms with Crippen LogP contribution in [-0.2, 0) is 21.3 Å². The van der Waals surface area contributed by atoms with E-state index in [1.807, 2.05) is 25.9 Å². The first-order valence-electron chi connectivity index (χ1n) is 11.4. The van der Waals surface area contributed by atoms with Crippen molar-refractivity contribution in [3.05, 3.63) is 64.9 Å². The van der Waals surface area contributed by atoms with Crippen molar-refractivity contribution in [1.82, 2.24) is 4.90 Å². The molecule has 0 fully saturated rings. The summed E-state index contributed by atoms with van der Waals surface area (Å²) in [6.45, 7) is 2.69. The summed E-state index contributed by atoms with van der Waals surface area (Å²) in [5.74, 6) is -1.26. The number of furan rings is 1. The van der Waals surface area contributed by atoms with Crippen LogP contribution in [-0.4, -0.2) is 57.8 Å². The third-order valence-electron chi connectivity index (χ3n) is 5.36. The highest BCUT2D eigenvalue weighted by molar-refractivity contribution is 7.88. The minimum atomic E-state index is -5.84. The van der Waals surface area contributed by atoms with Gasteiger partial charge in [0.05, 0.1) is 11.1 Å². The van der Waals surface area contributed by atoms with Gasteiger partial charge in [0.15, 0.2) is 5.78 Å². The van der Waals surface area contributed by atoms with Gasteiger partial charge in [0.2, 0.25) is 0 Å². The third-order valence-corrected chi connectivity index (χ3v) is 6.34. The number of alkyl halides is 3. The van der Waals surface area contributed by atoms with E-state index in [0.717, 1.165) is 37.1 Å². The SMILES string of the molecule is CCCCc1oc2ccc(C(=O)OCCN(C)C)cc2c1C(=O)c1ccc(OS(=O)(=O)C(F)(F)F)cc1. The lowest BCUT2D eigenvalue weighted by Crippen LogP contribution is -2.28. The Kier molecular flexibility index (Phi) is 8.64. The minimum Gasteiger partial charge on any atom is -0.461 e. The van der Waals surface area contributed by atoms with Gasteiger partial charge in [-0.2, -0.15) is 21.6 Å². The molecule has 37 heavy (non-hydrogen) atoms. The molecule has 0 unspecified atom stereocenters.